The van der Waals surface area contributed by atoms with E-state index in [1.165, 1.54) is 27.3 Å². The molecule has 1 unspecified atom stereocenters. The fourth-order valence-electron chi connectivity index (χ4n) is 10.1. The van der Waals surface area contributed by atoms with Gasteiger partial charge in [0.2, 0.25) is 11.8 Å². The summed E-state index contributed by atoms with van der Waals surface area (Å²) in [6.45, 7) is 17.4. The zero-order chi connectivity index (χ0) is 48.1. The van der Waals surface area contributed by atoms with E-state index in [0.29, 0.717) is 50.3 Å². The quantitative estimate of drug-likeness (QED) is 0.128. The minimum absolute atomic E-state index is 0.0532. The zero-order valence-electron chi connectivity index (χ0n) is 39.8. The molecule has 1 saturated carbocycles. The first kappa shape index (κ1) is 48.0. The third kappa shape index (κ3) is 9.29. The van der Waals surface area contributed by atoms with Crippen molar-refractivity contribution in [3.8, 4) is 22.5 Å². The highest BCUT2D eigenvalue weighted by Crippen LogP contribution is 2.42. The van der Waals surface area contributed by atoms with Gasteiger partial charge in [0.05, 0.1) is 57.1 Å². The lowest BCUT2D eigenvalue weighted by molar-refractivity contribution is -0.158. The van der Waals surface area contributed by atoms with Gasteiger partial charge in [0.15, 0.2) is 0 Å². The van der Waals surface area contributed by atoms with Crippen LogP contribution >= 0.6 is 11.3 Å². The average Bonchev–Trinajstić information content (AvgIpc) is 3.89. The van der Waals surface area contributed by atoms with E-state index >= 15 is 0 Å². The van der Waals surface area contributed by atoms with Crippen LogP contribution in [-0.4, -0.2) is 144 Å². The lowest BCUT2D eigenvalue weighted by Crippen LogP contribution is -2.68. The van der Waals surface area contributed by atoms with E-state index in [2.05, 4.69) is 77.2 Å². The Labute approximate surface area is 399 Å². The summed E-state index contributed by atoms with van der Waals surface area (Å²) in [4.78, 5) is 84.9. The van der Waals surface area contributed by atoms with Crippen molar-refractivity contribution < 1.29 is 33.4 Å². The number of pyridine rings is 1. The second-order valence-corrected chi connectivity index (χ2v) is 21.2. The standard InChI is InChI=1S/C49H62N9O7SSi/c1-10-40(59)56-20-21-57(38-24-37(38)56)47(63)54(8)42(28(3)4)44(60)52-34-23-39-51-35(26-66-39)30-15-16-36-32(22-30)33(43(55(36)11-2)31-14-12-18-50-41(31)29(5)64-9)25-48(6,7)27-65-46(62)49(67)17-13-19-58(53-49)45(34)61/h10,12,14-16,18,22,26,28-29,34,37-38,42,53H,1,11,13,17,19-21,23-25,27H2,2-9H3,(H,52,60)/t29-,34-,37?,38+,42-,49-/m0/s1. The fraction of sp³-hybridized carbons (Fsp3) is 0.531. The van der Waals surface area contributed by atoms with E-state index in [0.717, 1.165) is 44.7 Å². The van der Waals surface area contributed by atoms with Gasteiger partial charge in [-0.2, -0.15) is 0 Å². The van der Waals surface area contributed by atoms with E-state index in [4.69, 9.17) is 19.4 Å². The number of nitrogens with zero attached hydrogens (tertiary/aromatic N) is 7. The van der Waals surface area contributed by atoms with Crippen LogP contribution in [0.4, 0.5) is 4.79 Å². The number of carbonyl (C=O) groups is 5. The van der Waals surface area contributed by atoms with E-state index in [9.17, 15) is 24.0 Å². The highest BCUT2D eigenvalue weighted by atomic mass is 32.1. The molecule has 16 nitrogen and oxygen atoms in total. The summed E-state index contributed by atoms with van der Waals surface area (Å²) >= 11 is 1.40. The number of esters is 1. The molecular weight excluding hydrogens is 887 g/mol. The van der Waals surface area contributed by atoms with Crippen molar-refractivity contribution in [2.24, 2.45) is 11.3 Å². The van der Waals surface area contributed by atoms with Crippen molar-refractivity contribution in [2.45, 2.75) is 116 Å². The van der Waals surface area contributed by atoms with Crippen LogP contribution in [0.1, 0.15) is 83.2 Å². The Kier molecular flexibility index (Phi) is 13.6. The number of rotatable bonds is 9. The number of benzene rings is 1. The Bertz CT molecular complexity index is 2590. The predicted molar refractivity (Wildman–Crippen MR) is 257 cm³/mol. The molecule has 355 valence electrons. The number of ether oxygens (including phenoxy) is 2. The summed E-state index contributed by atoms with van der Waals surface area (Å²) in [6.07, 6.45) is 4.90. The van der Waals surface area contributed by atoms with E-state index in [-0.39, 0.29) is 55.6 Å². The number of hydrogen-bond acceptors (Lipinski definition) is 11. The summed E-state index contributed by atoms with van der Waals surface area (Å²) in [7, 11) is 7.01. The van der Waals surface area contributed by atoms with Gasteiger partial charge in [0.25, 0.3) is 5.91 Å². The third-order valence-electron chi connectivity index (χ3n) is 13.7. The third-order valence-corrected chi connectivity index (χ3v) is 15.1. The van der Waals surface area contributed by atoms with E-state index < -0.39 is 40.4 Å². The molecular formula is C49H62N9O7SSi. The molecule has 1 aliphatic carbocycles. The van der Waals surface area contributed by atoms with Crippen molar-refractivity contribution in [2.75, 3.05) is 40.4 Å². The number of nitrogens with one attached hydrogen (secondary N) is 2. The Morgan fingerprint density at radius 2 is 1.88 bits per heavy atom. The van der Waals surface area contributed by atoms with Gasteiger partial charge in [-0.1, -0.05) is 40.3 Å². The number of aromatic nitrogens is 3. The number of amides is 5. The maximum atomic E-state index is 14.8. The SMILES string of the molecule is C=CC(=O)N1CCN(C(=O)N(C)[C@H](C(=O)N[C@H]2Cc3nc(cs3)-c3ccc4c(c3)c(c(-c3cccnc3[C@H](C)OC)n4CC)CC(C)(C)COC(=O)[C@@]3([Si])CCCN(N3)C2=O)C(C)C)[C@@H]2CC21. The van der Waals surface area contributed by atoms with Gasteiger partial charge in [0, 0.05) is 85.8 Å². The molecule has 3 radical (unpaired) electrons. The molecule has 2 N–H and O–H groups in total. The number of cyclic esters (lactones) is 1. The highest BCUT2D eigenvalue weighted by molar-refractivity contribution is 7.10. The molecule has 3 aromatic heterocycles. The first-order valence-corrected chi connectivity index (χ1v) is 24.6. The molecule has 1 aromatic carbocycles. The molecule has 3 aliphatic heterocycles. The first-order valence-electron chi connectivity index (χ1n) is 23.3. The van der Waals surface area contributed by atoms with Gasteiger partial charge in [-0.05, 0) is 81.4 Å². The van der Waals surface area contributed by atoms with Gasteiger partial charge in [0.1, 0.15) is 17.2 Å². The van der Waals surface area contributed by atoms with Crippen molar-refractivity contribution in [1.29, 1.82) is 0 Å². The summed E-state index contributed by atoms with van der Waals surface area (Å²) in [6, 6.07) is 7.79. The van der Waals surface area contributed by atoms with Crippen LogP contribution in [0.3, 0.4) is 0 Å². The largest absolute Gasteiger partial charge is 0.464 e. The lowest BCUT2D eigenvalue weighted by Gasteiger charge is -2.42. The van der Waals surface area contributed by atoms with Gasteiger partial charge in [-0.3, -0.25) is 29.2 Å². The highest BCUT2D eigenvalue weighted by Gasteiger charge is 2.53. The molecule has 4 aromatic rings. The average molecular weight is 949 g/mol. The number of hydrogen-bond donors (Lipinski definition) is 2. The van der Waals surface area contributed by atoms with Crippen LogP contribution in [0.25, 0.3) is 33.4 Å². The number of fused-ring (bicyclic) bond motifs is 7. The smallest absolute Gasteiger partial charge is 0.323 e. The van der Waals surface area contributed by atoms with Crippen LogP contribution in [-0.2, 0) is 48.0 Å². The topological polar surface area (TPSA) is 172 Å². The maximum absolute atomic E-state index is 14.8. The molecule has 5 amide bonds. The van der Waals surface area contributed by atoms with Crippen LogP contribution < -0.4 is 10.7 Å². The van der Waals surface area contributed by atoms with Crippen LogP contribution in [0.15, 0.2) is 54.6 Å². The van der Waals surface area contributed by atoms with Crippen molar-refractivity contribution in [1.82, 2.24) is 45.0 Å². The number of piperazine rings is 1. The van der Waals surface area contributed by atoms with Gasteiger partial charge in [-0.25, -0.2) is 15.2 Å². The van der Waals surface area contributed by atoms with Gasteiger partial charge < -0.3 is 34.1 Å². The molecule has 2 saturated heterocycles. The Balaban J connectivity index is 1.16. The number of urea groups is 1. The molecule has 4 aliphatic rings. The minimum Gasteiger partial charge on any atom is -0.464 e. The normalized spacial score (nSPS) is 23.8. The Hall–Kier alpha value is -5.43. The van der Waals surface area contributed by atoms with E-state index in [1.807, 2.05) is 32.2 Å². The molecule has 3 fully saturated rings. The molecule has 18 heteroatoms. The summed E-state index contributed by atoms with van der Waals surface area (Å²) < 4.78 is 14.3. The number of aryl methyl sites for hydroxylation is 1. The van der Waals surface area contributed by atoms with Crippen LogP contribution in [0.5, 0.6) is 0 Å². The van der Waals surface area contributed by atoms with Crippen LogP contribution in [0, 0.1) is 11.3 Å². The molecule has 67 heavy (non-hydrogen) atoms. The maximum Gasteiger partial charge on any atom is 0.323 e. The van der Waals surface area contributed by atoms with Crippen molar-refractivity contribution >= 4 is 62.2 Å². The number of likely N-dealkylation sites (N-methyl/N-ethyl adjacent to an activating group) is 1. The van der Waals surface area contributed by atoms with Crippen molar-refractivity contribution in [3.63, 3.8) is 0 Å². The fourth-order valence-corrected chi connectivity index (χ4v) is 11.4. The Morgan fingerprint density at radius 3 is 2.60 bits per heavy atom. The summed E-state index contributed by atoms with van der Waals surface area (Å²) in [5.74, 6) is -2.00. The second kappa shape index (κ2) is 18.9. The molecule has 8 rings (SSSR count). The van der Waals surface area contributed by atoms with Crippen molar-refractivity contribution in [3.05, 3.63) is 70.8 Å². The number of methoxy groups -OCH3 is 1. The number of carbonyl (C=O) groups excluding carboxylic acids is 5. The monoisotopic (exact) mass is 948 g/mol. The first-order chi connectivity index (χ1) is 31.9. The Morgan fingerprint density at radius 1 is 1.13 bits per heavy atom. The summed E-state index contributed by atoms with van der Waals surface area (Å²) in [5, 5.41) is 6.62. The van der Waals surface area contributed by atoms with Gasteiger partial charge >= 0.3 is 12.0 Å². The van der Waals surface area contributed by atoms with E-state index in [1.54, 1.807) is 30.2 Å². The molecule has 6 bridgehead atoms. The lowest BCUT2D eigenvalue weighted by atomic mass is 9.84. The number of hydrazine groups is 1. The molecule has 0 spiro atoms. The molecule has 6 heterocycles. The van der Waals surface area contributed by atoms with Crippen LogP contribution in [0.2, 0.25) is 0 Å². The van der Waals surface area contributed by atoms with Gasteiger partial charge in [-0.15, -0.1) is 11.3 Å². The second-order valence-electron chi connectivity index (χ2n) is 19.4. The summed E-state index contributed by atoms with van der Waals surface area (Å²) in [5.41, 5.74) is 9.15. The minimum atomic E-state index is -1.42. The predicted octanol–water partition coefficient (Wildman–Crippen LogP) is 5.25. The number of thiazole rings is 1. The molecule has 6 atom stereocenters. The zero-order valence-corrected chi connectivity index (χ0v) is 41.6.